The molecule has 0 aromatic heterocycles. The average Bonchev–Trinajstić information content (AvgIpc) is 2.79. The van der Waals surface area contributed by atoms with Crippen molar-refractivity contribution in [1.82, 2.24) is 10.2 Å². The Morgan fingerprint density at radius 3 is 2.07 bits per heavy atom. The number of hydrogen-bond acceptors (Lipinski definition) is 5. The van der Waals surface area contributed by atoms with Gasteiger partial charge in [-0.25, -0.2) is 0 Å². The summed E-state index contributed by atoms with van der Waals surface area (Å²) in [4.78, 5) is 27.3. The number of hydrogen-bond donors (Lipinski definition) is 1. The highest BCUT2D eigenvalue weighted by Gasteiger charge is 2.26. The summed E-state index contributed by atoms with van der Waals surface area (Å²) >= 11 is 0. The molecule has 2 aromatic rings. The smallest absolute Gasteiger partial charge is 0.259 e. The number of likely N-dealkylation sites (tertiary alicyclic amines) is 1. The highest BCUT2D eigenvalue weighted by molar-refractivity contribution is 5.99. The van der Waals surface area contributed by atoms with Crippen LogP contribution in [0.3, 0.4) is 0 Å². The van der Waals surface area contributed by atoms with Crippen LogP contribution in [0.4, 0.5) is 0 Å². The van der Waals surface area contributed by atoms with Crippen molar-refractivity contribution in [2.75, 3.05) is 34.4 Å². The molecule has 0 aliphatic carbocycles. The van der Waals surface area contributed by atoms with E-state index in [-0.39, 0.29) is 17.9 Å². The first-order chi connectivity index (χ1) is 14.5. The Kier molecular flexibility index (Phi) is 7.17. The summed E-state index contributed by atoms with van der Waals surface area (Å²) in [5, 5.41) is 3.06. The van der Waals surface area contributed by atoms with E-state index in [2.05, 4.69) is 5.32 Å². The predicted octanol–water partition coefficient (Wildman–Crippen LogP) is 2.68. The molecule has 0 bridgehead atoms. The van der Waals surface area contributed by atoms with E-state index in [1.807, 2.05) is 29.2 Å². The number of methoxy groups -OCH3 is 3. The Morgan fingerprint density at radius 2 is 1.53 bits per heavy atom. The van der Waals surface area contributed by atoms with Gasteiger partial charge in [0.1, 0.15) is 22.8 Å². The van der Waals surface area contributed by atoms with Crippen LogP contribution in [0.5, 0.6) is 17.2 Å². The number of amides is 2. The monoisotopic (exact) mass is 412 g/mol. The predicted molar refractivity (Wildman–Crippen MR) is 113 cm³/mol. The minimum Gasteiger partial charge on any atom is -0.497 e. The maximum absolute atomic E-state index is 12.8. The van der Waals surface area contributed by atoms with Gasteiger partial charge in [0.2, 0.25) is 5.91 Å². The van der Waals surface area contributed by atoms with Crippen molar-refractivity contribution in [3.05, 3.63) is 53.6 Å². The van der Waals surface area contributed by atoms with Gasteiger partial charge in [-0.3, -0.25) is 9.59 Å². The lowest BCUT2D eigenvalue weighted by Gasteiger charge is -2.32. The van der Waals surface area contributed by atoms with Crippen LogP contribution < -0.4 is 19.5 Å². The zero-order valence-corrected chi connectivity index (χ0v) is 17.6. The van der Waals surface area contributed by atoms with Crippen molar-refractivity contribution in [3.63, 3.8) is 0 Å². The van der Waals surface area contributed by atoms with Gasteiger partial charge in [-0.2, -0.15) is 0 Å². The van der Waals surface area contributed by atoms with Gasteiger partial charge in [0, 0.05) is 19.1 Å². The number of carbonyl (C=O) groups is 2. The van der Waals surface area contributed by atoms with Crippen LogP contribution in [-0.2, 0) is 11.2 Å². The van der Waals surface area contributed by atoms with E-state index in [9.17, 15) is 9.59 Å². The lowest BCUT2D eigenvalue weighted by molar-refractivity contribution is -0.131. The van der Waals surface area contributed by atoms with Crippen LogP contribution >= 0.6 is 0 Å². The molecule has 0 saturated carbocycles. The third-order valence-electron chi connectivity index (χ3n) is 5.35. The molecule has 1 saturated heterocycles. The number of benzene rings is 2. The largest absolute Gasteiger partial charge is 0.497 e. The molecule has 160 valence electrons. The molecule has 1 heterocycles. The van der Waals surface area contributed by atoms with Crippen molar-refractivity contribution in [2.45, 2.75) is 25.3 Å². The first kappa shape index (κ1) is 21.5. The maximum atomic E-state index is 12.8. The molecule has 7 nitrogen and oxygen atoms in total. The van der Waals surface area contributed by atoms with Crippen molar-refractivity contribution < 1.29 is 23.8 Å². The highest BCUT2D eigenvalue weighted by Crippen LogP contribution is 2.28. The number of piperidine rings is 1. The Bertz CT molecular complexity index is 851. The molecule has 0 radical (unpaired) electrons. The van der Waals surface area contributed by atoms with Crippen LogP contribution in [0, 0.1) is 0 Å². The van der Waals surface area contributed by atoms with Crippen LogP contribution in [0.1, 0.15) is 28.8 Å². The van der Waals surface area contributed by atoms with E-state index in [1.54, 1.807) is 25.3 Å². The van der Waals surface area contributed by atoms with Gasteiger partial charge in [0.15, 0.2) is 0 Å². The van der Waals surface area contributed by atoms with Gasteiger partial charge < -0.3 is 24.4 Å². The van der Waals surface area contributed by atoms with E-state index in [0.717, 1.165) is 11.3 Å². The number of nitrogens with one attached hydrogen (secondary N) is 1. The van der Waals surface area contributed by atoms with Crippen LogP contribution in [0.2, 0.25) is 0 Å². The Morgan fingerprint density at radius 1 is 0.933 bits per heavy atom. The van der Waals surface area contributed by atoms with E-state index < -0.39 is 0 Å². The molecule has 1 aliphatic rings. The minimum absolute atomic E-state index is 0.00263. The van der Waals surface area contributed by atoms with E-state index >= 15 is 0 Å². The van der Waals surface area contributed by atoms with E-state index in [4.69, 9.17) is 14.2 Å². The van der Waals surface area contributed by atoms with Crippen LogP contribution in [-0.4, -0.2) is 57.2 Å². The summed E-state index contributed by atoms with van der Waals surface area (Å²) < 4.78 is 15.8. The number of nitrogens with zero attached hydrogens (tertiary/aromatic N) is 1. The molecule has 3 rings (SSSR count). The van der Waals surface area contributed by atoms with E-state index in [1.165, 1.54) is 14.2 Å². The molecule has 1 fully saturated rings. The second-order valence-corrected chi connectivity index (χ2v) is 7.19. The first-order valence-electron chi connectivity index (χ1n) is 9.98. The second-order valence-electron chi connectivity index (χ2n) is 7.19. The van der Waals surface area contributed by atoms with Crippen LogP contribution in [0.25, 0.3) is 0 Å². The summed E-state index contributed by atoms with van der Waals surface area (Å²) in [5.41, 5.74) is 1.35. The molecule has 2 aromatic carbocycles. The van der Waals surface area contributed by atoms with Gasteiger partial charge in [0.25, 0.3) is 5.91 Å². The highest BCUT2D eigenvalue weighted by atomic mass is 16.5. The fourth-order valence-corrected chi connectivity index (χ4v) is 3.64. The average molecular weight is 412 g/mol. The fraction of sp³-hybridized carbons (Fsp3) is 0.391. The quantitative estimate of drug-likeness (QED) is 0.757. The van der Waals surface area contributed by atoms with Crippen LogP contribution in [0.15, 0.2) is 42.5 Å². The standard InChI is InChI=1S/C23H28N2O5/c1-28-18-9-7-16(8-10-18)15-21(26)25-13-11-17(12-14-25)24-23(27)22-19(29-2)5-4-6-20(22)30-3/h4-10,17H,11-15H2,1-3H3,(H,24,27). The fourth-order valence-electron chi connectivity index (χ4n) is 3.64. The lowest BCUT2D eigenvalue weighted by atomic mass is 10.0. The van der Waals surface area contributed by atoms with Crippen molar-refractivity contribution in [2.24, 2.45) is 0 Å². The molecular weight excluding hydrogens is 384 g/mol. The van der Waals surface area contributed by atoms with Crippen molar-refractivity contribution in [1.29, 1.82) is 0 Å². The summed E-state index contributed by atoms with van der Waals surface area (Å²) in [5.74, 6) is 1.58. The maximum Gasteiger partial charge on any atom is 0.259 e. The van der Waals surface area contributed by atoms with Gasteiger partial charge in [0.05, 0.1) is 27.8 Å². The Labute approximate surface area is 176 Å². The van der Waals surface area contributed by atoms with E-state index in [0.29, 0.717) is 49.4 Å². The molecule has 1 N–H and O–H groups in total. The lowest BCUT2D eigenvalue weighted by Crippen LogP contribution is -2.47. The summed E-state index contributed by atoms with van der Waals surface area (Å²) in [6, 6.07) is 12.8. The number of ether oxygens (including phenoxy) is 3. The summed E-state index contributed by atoms with van der Waals surface area (Å²) in [6.07, 6.45) is 1.77. The SMILES string of the molecule is COc1ccc(CC(=O)N2CCC(NC(=O)c3c(OC)cccc3OC)CC2)cc1. The van der Waals surface area contributed by atoms with Gasteiger partial charge in [-0.1, -0.05) is 18.2 Å². The molecule has 0 atom stereocenters. The zero-order chi connectivity index (χ0) is 21.5. The van der Waals surface area contributed by atoms with Gasteiger partial charge in [-0.15, -0.1) is 0 Å². The molecule has 7 heteroatoms. The zero-order valence-electron chi connectivity index (χ0n) is 17.6. The third-order valence-corrected chi connectivity index (χ3v) is 5.35. The topological polar surface area (TPSA) is 77.1 Å². The number of rotatable bonds is 7. The normalized spacial score (nSPS) is 14.2. The molecular formula is C23H28N2O5. The van der Waals surface area contributed by atoms with Crippen molar-refractivity contribution >= 4 is 11.8 Å². The summed E-state index contributed by atoms with van der Waals surface area (Å²) in [7, 11) is 4.67. The molecule has 0 spiro atoms. The Balaban J connectivity index is 1.54. The minimum atomic E-state index is -0.229. The number of carbonyl (C=O) groups excluding carboxylic acids is 2. The Hall–Kier alpha value is -3.22. The molecule has 1 aliphatic heterocycles. The van der Waals surface area contributed by atoms with Crippen molar-refractivity contribution in [3.8, 4) is 17.2 Å². The molecule has 2 amide bonds. The molecule has 30 heavy (non-hydrogen) atoms. The third kappa shape index (κ3) is 5.03. The second kappa shape index (κ2) is 10.0. The first-order valence-corrected chi connectivity index (χ1v) is 9.98. The van der Waals surface area contributed by atoms with Gasteiger partial charge in [-0.05, 0) is 42.7 Å². The molecule has 0 unspecified atom stereocenters. The van der Waals surface area contributed by atoms with Gasteiger partial charge >= 0.3 is 0 Å². The summed E-state index contributed by atoms with van der Waals surface area (Å²) in [6.45, 7) is 1.23.